The molecule has 0 aromatic carbocycles. The Labute approximate surface area is 88.8 Å². The summed E-state index contributed by atoms with van der Waals surface area (Å²) in [5.74, 6) is 0. The zero-order valence-electron chi connectivity index (χ0n) is 8.07. The standard InChI is InChI=1S/C11H14AsN/c1-11(2,12)7-3-5-10-6-4-8-13-9-10/h3-6,8-9H,7H2,1-2H3/b5-3-. The fraction of sp³-hybridized carbons (Fsp3) is 0.364. The van der Waals surface area contributed by atoms with Crippen LogP contribution in [0.15, 0.2) is 30.6 Å². The molecule has 0 saturated carbocycles. The van der Waals surface area contributed by atoms with Crippen LogP contribution in [0.3, 0.4) is 0 Å². The zero-order chi connectivity index (χ0) is 9.73. The average molecular weight is 235 g/mol. The average Bonchev–Trinajstić information content (AvgIpc) is 2.04. The fourth-order valence-electron chi connectivity index (χ4n) is 0.958. The van der Waals surface area contributed by atoms with Gasteiger partial charge in [0, 0.05) is 0 Å². The van der Waals surface area contributed by atoms with Crippen LogP contribution in [-0.2, 0) is 0 Å². The molecular weight excluding hydrogens is 221 g/mol. The molecule has 0 unspecified atom stereocenters. The Kier molecular flexibility index (Phi) is 3.74. The van der Waals surface area contributed by atoms with E-state index in [4.69, 9.17) is 0 Å². The van der Waals surface area contributed by atoms with Gasteiger partial charge in [0.15, 0.2) is 0 Å². The summed E-state index contributed by atoms with van der Waals surface area (Å²) in [5.41, 5.74) is 1.17. The van der Waals surface area contributed by atoms with Crippen LogP contribution < -0.4 is 0 Å². The molecule has 2 heteroatoms. The molecule has 68 valence electrons. The van der Waals surface area contributed by atoms with E-state index in [9.17, 15) is 0 Å². The van der Waals surface area contributed by atoms with Crippen molar-refractivity contribution in [1.82, 2.24) is 4.98 Å². The zero-order valence-corrected chi connectivity index (χ0v) is 9.94. The van der Waals surface area contributed by atoms with E-state index in [2.05, 4.69) is 53.9 Å². The van der Waals surface area contributed by atoms with Gasteiger partial charge in [0.05, 0.1) is 0 Å². The Hall–Kier alpha value is -0.552. The van der Waals surface area contributed by atoms with Crippen molar-refractivity contribution in [3.8, 4) is 0 Å². The van der Waals surface area contributed by atoms with Crippen LogP contribution in [0.5, 0.6) is 0 Å². The van der Waals surface area contributed by atoms with Gasteiger partial charge in [0.25, 0.3) is 0 Å². The summed E-state index contributed by atoms with van der Waals surface area (Å²) in [4.78, 5) is 4.04. The minimum atomic E-state index is 0.311. The molecule has 1 rings (SSSR count). The van der Waals surface area contributed by atoms with Gasteiger partial charge in [-0.3, -0.25) is 0 Å². The molecule has 0 bridgehead atoms. The van der Waals surface area contributed by atoms with Crippen molar-refractivity contribution < 1.29 is 0 Å². The number of allylic oxidation sites excluding steroid dienone is 1. The third-order valence-corrected chi connectivity index (χ3v) is 2.00. The molecule has 0 aliphatic carbocycles. The van der Waals surface area contributed by atoms with Gasteiger partial charge in [-0.05, 0) is 0 Å². The molecule has 0 N–H and O–H groups in total. The molecule has 0 aliphatic rings. The van der Waals surface area contributed by atoms with Crippen molar-refractivity contribution in [2.24, 2.45) is 0 Å². The molecule has 0 aliphatic heterocycles. The first kappa shape index (κ1) is 10.5. The Morgan fingerprint density at radius 1 is 1.54 bits per heavy atom. The van der Waals surface area contributed by atoms with Gasteiger partial charge in [-0.25, -0.2) is 0 Å². The molecular formula is C11H14AsN. The summed E-state index contributed by atoms with van der Waals surface area (Å²) in [6, 6.07) is 4.01. The third-order valence-electron chi connectivity index (χ3n) is 1.61. The van der Waals surface area contributed by atoms with Crippen LogP contribution in [0.2, 0.25) is 4.20 Å². The number of hydrogen-bond acceptors (Lipinski definition) is 1. The van der Waals surface area contributed by atoms with Gasteiger partial charge in [0.2, 0.25) is 0 Å². The molecule has 1 aromatic rings. The van der Waals surface area contributed by atoms with Crippen LogP contribution in [0.1, 0.15) is 25.8 Å². The summed E-state index contributed by atoms with van der Waals surface area (Å²) < 4.78 is 0.311. The Morgan fingerprint density at radius 2 is 2.31 bits per heavy atom. The van der Waals surface area contributed by atoms with E-state index >= 15 is 0 Å². The summed E-state index contributed by atoms with van der Waals surface area (Å²) in [6.45, 7) is 4.42. The van der Waals surface area contributed by atoms with Crippen LogP contribution >= 0.6 is 0 Å². The quantitative estimate of drug-likeness (QED) is 0.734. The molecule has 0 atom stereocenters. The van der Waals surface area contributed by atoms with Crippen LogP contribution in [0.4, 0.5) is 0 Å². The van der Waals surface area contributed by atoms with E-state index in [0.29, 0.717) is 4.20 Å². The van der Waals surface area contributed by atoms with Crippen LogP contribution in [-0.4, -0.2) is 21.8 Å². The van der Waals surface area contributed by atoms with Gasteiger partial charge in [-0.15, -0.1) is 0 Å². The fourth-order valence-corrected chi connectivity index (χ4v) is 1.18. The molecule has 0 saturated heterocycles. The second kappa shape index (κ2) is 4.62. The minimum absolute atomic E-state index is 0.311. The molecule has 13 heavy (non-hydrogen) atoms. The van der Waals surface area contributed by atoms with Crippen molar-refractivity contribution in [2.75, 3.05) is 0 Å². The van der Waals surface area contributed by atoms with Gasteiger partial charge >= 0.3 is 88.5 Å². The van der Waals surface area contributed by atoms with E-state index in [0.717, 1.165) is 6.42 Å². The first-order chi connectivity index (χ1) is 6.08. The SMILES string of the molecule is CC(C)([As])C/C=C\c1cccnc1. The molecule has 0 spiro atoms. The van der Waals surface area contributed by atoms with Crippen LogP contribution in [0, 0.1) is 0 Å². The first-order valence-electron chi connectivity index (χ1n) is 4.37. The van der Waals surface area contributed by atoms with Crippen molar-refractivity contribution in [3.63, 3.8) is 0 Å². The monoisotopic (exact) mass is 235 g/mol. The number of hydrogen-bond donors (Lipinski definition) is 0. The molecule has 1 nitrogen and oxygen atoms in total. The molecule has 0 amide bonds. The number of nitrogens with zero attached hydrogens (tertiary/aromatic N) is 1. The third kappa shape index (κ3) is 4.90. The first-order valence-corrected chi connectivity index (χ1v) is 5.31. The van der Waals surface area contributed by atoms with Crippen molar-refractivity contribution in [2.45, 2.75) is 24.5 Å². The van der Waals surface area contributed by atoms with Gasteiger partial charge in [0.1, 0.15) is 0 Å². The summed E-state index contributed by atoms with van der Waals surface area (Å²) in [7, 11) is 0. The Bertz CT molecular complexity index is 272. The topological polar surface area (TPSA) is 12.9 Å². The molecule has 2 radical (unpaired) electrons. The number of rotatable bonds is 3. The van der Waals surface area contributed by atoms with Gasteiger partial charge < -0.3 is 0 Å². The van der Waals surface area contributed by atoms with Gasteiger partial charge in [-0.2, -0.15) is 0 Å². The number of aromatic nitrogens is 1. The summed E-state index contributed by atoms with van der Waals surface area (Å²) in [6.07, 6.45) is 9.03. The van der Waals surface area contributed by atoms with E-state index < -0.39 is 0 Å². The molecule has 1 aromatic heterocycles. The predicted molar refractivity (Wildman–Crippen MR) is 57.7 cm³/mol. The van der Waals surface area contributed by atoms with E-state index in [1.165, 1.54) is 5.56 Å². The van der Waals surface area contributed by atoms with Crippen molar-refractivity contribution >= 4 is 22.9 Å². The molecule has 1 heterocycles. The van der Waals surface area contributed by atoms with Crippen LogP contribution in [0.25, 0.3) is 6.08 Å². The second-order valence-corrected chi connectivity index (χ2v) is 6.25. The molecule has 0 fully saturated rings. The normalized spacial score (nSPS) is 12.2. The summed E-state index contributed by atoms with van der Waals surface area (Å²) in [5, 5.41) is 0. The van der Waals surface area contributed by atoms with E-state index in [1.807, 2.05) is 12.3 Å². The maximum absolute atomic E-state index is 4.04. The summed E-state index contributed by atoms with van der Waals surface area (Å²) >= 11 is 2.69. The van der Waals surface area contributed by atoms with Crippen molar-refractivity contribution in [3.05, 3.63) is 36.2 Å². The van der Waals surface area contributed by atoms with E-state index in [1.54, 1.807) is 6.20 Å². The predicted octanol–water partition coefficient (Wildman–Crippen LogP) is 2.85. The maximum atomic E-state index is 4.04. The van der Waals surface area contributed by atoms with Gasteiger partial charge in [-0.1, -0.05) is 0 Å². The van der Waals surface area contributed by atoms with Crippen molar-refractivity contribution in [1.29, 1.82) is 0 Å². The Balaban J connectivity index is 2.51. The Morgan fingerprint density at radius 3 is 2.85 bits per heavy atom. The van der Waals surface area contributed by atoms with E-state index in [-0.39, 0.29) is 0 Å². The second-order valence-electron chi connectivity index (χ2n) is 3.71. The number of pyridine rings is 1.